The molecule has 0 aromatic heterocycles. The minimum atomic E-state index is -1.26. The summed E-state index contributed by atoms with van der Waals surface area (Å²) in [5.41, 5.74) is 2.90. The summed E-state index contributed by atoms with van der Waals surface area (Å²) in [5.74, 6) is -1.54. The largest absolute Gasteiger partial charge is 0.497 e. The number of fused-ring (bicyclic) bond motifs is 1. The zero-order chi connectivity index (χ0) is 15.7. The van der Waals surface area contributed by atoms with E-state index in [0.29, 0.717) is 12.2 Å². The molecule has 1 aromatic carbocycles. The van der Waals surface area contributed by atoms with Crippen LogP contribution < -0.4 is 10.1 Å². The van der Waals surface area contributed by atoms with Gasteiger partial charge >= 0.3 is 11.9 Å². The molecule has 0 saturated heterocycles. The molecule has 3 N–H and O–H groups in total. The van der Waals surface area contributed by atoms with Crippen LogP contribution in [0.4, 0.5) is 0 Å². The number of methoxy groups -OCH3 is 1. The summed E-state index contributed by atoms with van der Waals surface area (Å²) in [4.78, 5) is 19.1. The van der Waals surface area contributed by atoms with Crippen molar-refractivity contribution in [3.05, 3.63) is 41.5 Å². The quantitative estimate of drug-likeness (QED) is 0.722. The van der Waals surface area contributed by atoms with E-state index >= 15 is 0 Å². The van der Waals surface area contributed by atoms with E-state index in [2.05, 4.69) is 17.4 Å². The van der Waals surface area contributed by atoms with Gasteiger partial charge in [0.15, 0.2) is 0 Å². The predicted molar refractivity (Wildman–Crippen MR) is 77.7 cm³/mol. The molecule has 21 heavy (non-hydrogen) atoms. The number of carboxylic acids is 2. The Bertz CT molecular complexity index is 509. The van der Waals surface area contributed by atoms with Crippen LogP contribution in [-0.4, -0.2) is 42.4 Å². The Labute approximate surface area is 123 Å². The maximum Gasteiger partial charge on any atom is 0.328 e. The van der Waals surface area contributed by atoms with Gasteiger partial charge in [0.25, 0.3) is 0 Å². The van der Waals surface area contributed by atoms with Crippen LogP contribution in [0.3, 0.4) is 0 Å². The number of hydrogen-bond donors (Lipinski definition) is 3. The molecule has 1 aliphatic heterocycles. The summed E-state index contributed by atoms with van der Waals surface area (Å²) in [6, 6.07) is 6.38. The van der Waals surface area contributed by atoms with Crippen molar-refractivity contribution >= 4 is 11.9 Å². The van der Waals surface area contributed by atoms with E-state index in [1.165, 1.54) is 11.1 Å². The van der Waals surface area contributed by atoms with E-state index in [-0.39, 0.29) is 0 Å². The first-order valence-electron chi connectivity index (χ1n) is 6.53. The Morgan fingerprint density at radius 1 is 1.10 bits per heavy atom. The molecule has 0 radical (unpaired) electrons. The highest BCUT2D eigenvalue weighted by molar-refractivity contribution is 5.89. The minimum Gasteiger partial charge on any atom is -0.497 e. The van der Waals surface area contributed by atoms with Crippen molar-refractivity contribution < 1.29 is 24.5 Å². The standard InChI is InChI=1S/C11H15NO.C4H4O4/c1-13-11-3-2-9-4-6-12-7-5-10(9)8-11;5-3(6)1-2-4(7)8/h2-3,8,12H,4-7H2,1H3;1-2H,(H,5,6)(H,7,8)/b;2-1-. The fourth-order valence-electron chi connectivity index (χ4n) is 1.92. The van der Waals surface area contributed by atoms with Gasteiger partial charge in [-0.05, 0) is 49.2 Å². The number of hydrogen-bond acceptors (Lipinski definition) is 4. The van der Waals surface area contributed by atoms with Crippen molar-refractivity contribution in [3.63, 3.8) is 0 Å². The SMILES string of the molecule is COc1ccc2c(c1)CCNCC2.O=C(O)/C=C\C(=O)O. The summed E-state index contributed by atoms with van der Waals surface area (Å²) in [7, 11) is 1.72. The number of benzene rings is 1. The molecule has 0 spiro atoms. The van der Waals surface area contributed by atoms with Gasteiger partial charge in [-0.1, -0.05) is 6.07 Å². The number of ether oxygens (including phenoxy) is 1. The van der Waals surface area contributed by atoms with Crippen molar-refractivity contribution in [2.45, 2.75) is 12.8 Å². The van der Waals surface area contributed by atoms with E-state index < -0.39 is 11.9 Å². The third-order valence-corrected chi connectivity index (χ3v) is 2.92. The molecule has 0 fully saturated rings. The molecular formula is C15H19NO5. The summed E-state index contributed by atoms with van der Waals surface area (Å²) in [6.07, 6.45) is 3.37. The molecule has 0 unspecified atom stereocenters. The zero-order valence-electron chi connectivity index (χ0n) is 11.8. The Hall–Kier alpha value is -2.34. The van der Waals surface area contributed by atoms with Gasteiger partial charge in [0.1, 0.15) is 5.75 Å². The Kier molecular flexibility index (Phi) is 6.97. The maximum atomic E-state index is 9.55. The lowest BCUT2D eigenvalue weighted by Gasteiger charge is -2.06. The number of aliphatic carboxylic acids is 2. The van der Waals surface area contributed by atoms with E-state index in [0.717, 1.165) is 31.7 Å². The highest BCUT2D eigenvalue weighted by Crippen LogP contribution is 2.19. The number of carbonyl (C=O) groups is 2. The molecule has 6 nitrogen and oxygen atoms in total. The normalized spacial score (nSPS) is 13.6. The van der Waals surface area contributed by atoms with Crippen LogP contribution in [0.25, 0.3) is 0 Å². The van der Waals surface area contributed by atoms with E-state index in [9.17, 15) is 9.59 Å². The van der Waals surface area contributed by atoms with Crippen LogP contribution in [0.5, 0.6) is 5.75 Å². The number of carboxylic acid groups (broad SMARTS) is 2. The Morgan fingerprint density at radius 2 is 1.67 bits per heavy atom. The van der Waals surface area contributed by atoms with Crippen LogP contribution in [0.2, 0.25) is 0 Å². The first-order chi connectivity index (χ1) is 10.0. The first-order valence-corrected chi connectivity index (χ1v) is 6.53. The minimum absolute atomic E-state index is 0.558. The Morgan fingerprint density at radius 3 is 2.19 bits per heavy atom. The third kappa shape index (κ3) is 6.58. The highest BCUT2D eigenvalue weighted by Gasteiger charge is 2.07. The van der Waals surface area contributed by atoms with Crippen LogP contribution in [0.1, 0.15) is 11.1 Å². The lowest BCUT2D eigenvalue weighted by Crippen LogP contribution is -2.16. The summed E-state index contributed by atoms with van der Waals surface area (Å²) in [5, 5.41) is 19.0. The predicted octanol–water partition coefficient (Wildman–Crippen LogP) is 1.10. The number of rotatable bonds is 3. The lowest BCUT2D eigenvalue weighted by atomic mass is 10.0. The van der Waals surface area contributed by atoms with Crippen LogP contribution >= 0.6 is 0 Å². The second-order valence-electron chi connectivity index (χ2n) is 4.39. The van der Waals surface area contributed by atoms with Crippen LogP contribution in [0, 0.1) is 0 Å². The molecule has 0 amide bonds. The lowest BCUT2D eigenvalue weighted by molar-refractivity contribution is -0.134. The van der Waals surface area contributed by atoms with Crippen molar-refractivity contribution in [1.29, 1.82) is 0 Å². The van der Waals surface area contributed by atoms with E-state index in [4.69, 9.17) is 14.9 Å². The summed E-state index contributed by atoms with van der Waals surface area (Å²) in [6.45, 7) is 2.18. The fourth-order valence-corrected chi connectivity index (χ4v) is 1.92. The van der Waals surface area contributed by atoms with Gasteiger partial charge in [0, 0.05) is 12.2 Å². The topological polar surface area (TPSA) is 95.9 Å². The number of nitrogens with one attached hydrogen (secondary N) is 1. The first kappa shape index (κ1) is 16.7. The van der Waals surface area contributed by atoms with Gasteiger partial charge in [0.2, 0.25) is 0 Å². The molecular weight excluding hydrogens is 274 g/mol. The molecule has 6 heteroatoms. The average molecular weight is 293 g/mol. The van der Waals surface area contributed by atoms with Crippen molar-refractivity contribution in [2.75, 3.05) is 20.2 Å². The van der Waals surface area contributed by atoms with Gasteiger partial charge in [-0.15, -0.1) is 0 Å². The second kappa shape index (κ2) is 8.76. The molecule has 114 valence electrons. The van der Waals surface area contributed by atoms with Crippen molar-refractivity contribution in [1.82, 2.24) is 5.32 Å². The molecule has 0 saturated carbocycles. The van der Waals surface area contributed by atoms with E-state index in [1.54, 1.807) is 7.11 Å². The average Bonchev–Trinajstić information content (AvgIpc) is 2.70. The smallest absolute Gasteiger partial charge is 0.328 e. The monoisotopic (exact) mass is 293 g/mol. The molecule has 1 heterocycles. The van der Waals surface area contributed by atoms with Gasteiger partial charge in [-0.2, -0.15) is 0 Å². The second-order valence-corrected chi connectivity index (χ2v) is 4.39. The van der Waals surface area contributed by atoms with Gasteiger partial charge in [-0.3, -0.25) is 0 Å². The zero-order valence-corrected chi connectivity index (χ0v) is 11.8. The molecule has 2 rings (SSSR count). The van der Waals surface area contributed by atoms with Crippen LogP contribution in [-0.2, 0) is 22.4 Å². The fraction of sp³-hybridized carbons (Fsp3) is 0.333. The van der Waals surface area contributed by atoms with Crippen molar-refractivity contribution in [2.24, 2.45) is 0 Å². The molecule has 1 aliphatic rings. The van der Waals surface area contributed by atoms with Crippen LogP contribution in [0.15, 0.2) is 30.4 Å². The summed E-state index contributed by atoms with van der Waals surface area (Å²) < 4.78 is 5.20. The van der Waals surface area contributed by atoms with Gasteiger partial charge < -0.3 is 20.3 Å². The molecule has 1 aromatic rings. The third-order valence-electron chi connectivity index (χ3n) is 2.92. The highest BCUT2D eigenvalue weighted by atomic mass is 16.5. The van der Waals surface area contributed by atoms with Crippen molar-refractivity contribution in [3.8, 4) is 5.75 Å². The summed E-state index contributed by atoms with van der Waals surface area (Å²) >= 11 is 0. The van der Waals surface area contributed by atoms with Gasteiger partial charge in [-0.25, -0.2) is 9.59 Å². The maximum absolute atomic E-state index is 9.55. The van der Waals surface area contributed by atoms with Gasteiger partial charge in [0.05, 0.1) is 7.11 Å². The molecule has 0 bridgehead atoms. The van der Waals surface area contributed by atoms with E-state index in [1.807, 2.05) is 6.07 Å². The molecule has 0 atom stereocenters. The molecule has 0 aliphatic carbocycles. The Balaban J connectivity index is 0.000000240.